The molecule has 1 heterocycles. The minimum atomic E-state index is -0.908. The van der Waals surface area contributed by atoms with Crippen LogP contribution in [0.5, 0.6) is 0 Å². The molecule has 20 heavy (non-hydrogen) atoms. The molecule has 1 N–H and O–H groups in total. The molecule has 5 heteroatoms. The maximum atomic E-state index is 11.3. The minimum absolute atomic E-state index is 0.324. The first-order valence-electron chi connectivity index (χ1n) is 6.07. The van der Waals surface area contributed by atoms with E-state index in [4.69, 9.17) is 0 Å². The van der Waals surface area contributed by atoms with E-state index in [1.807, 2.05) is 48.1 Å². The molecule has 0 aliphatic carbocycles. The Morgan fingerprint density at radius 1 is 1.20 bits per heavy atom. The van der Waals surface area contributed by atoms with Crippen molar-refractivity contribution in [3.05, 3.63) is 54.4 Å². The van der Waals surface area contributed by atoms with Gasteiger partial charge in [0.15, 0.2) is 5.16 Å². The zero-order valence-electron chi connectivity index (χ0n) is 10.8. The van der Waals surface area contributed by atoms with Crippen LogP contribution in [0.3, 0.4) is 0 Å². The lowest BCUT2D eigenvalue weighted by atomic mass is 10.0. The van der Waals surface area contributed by atoms with Crippen molar-refractivity contribution in [1.29, 1.82) is 0 Å². The minimum Gasteiger partial charge on any atom is -0.478 e. The Hall–Kier alpha value is -2.27. The first kappa shape index (κ1) is 12.7. The van der Waals surface area contributed by atoms with E-state index in [2.05, 4.69) is 4.98 Å². The van der Waals surface area contributed by atoms with Gasteiger partial charge in [-0.2, -0.15) is 0 Å². The molecule has 0 amide bonds. The van der Waals surface area contributed by atoms with Crippen molar-refractivity contribution in [2.24, 2.45) is 7.05 Å². The monoisotopic (exact) mass is 284 g/mol. The normalized spacial score (nSPS) is 10.8. The van der Waals surface area contributed by atoms with Crippen LogP contribution >= 0.6 is 11.8 Å². The van der Waals surface area contributed by atoms with Crippen molar-refractivity contribution in [3.63, 3.8) is 0 Å². The van der Waals surface area contributed by atoms with Crippen LogP contribution in [-0.2, 0) is 7.05 Å². The number of imidazole rings is 1. The predicted octanol–water partition coefficient (Wildman–Crippen LogP) is 3.42. The zero-order chi connectivity index (χ0) is 14.1. The first-order valence-corrected chi connectivity index (χ1v) is 6.88. The van der Waals surface area contributed by atoms with E-state index in [1.165, 1.54) is 11.8 Å². The van der Waals surface area contributed by atoms with Crippen molar-refractivity contribution >= 4 is 28.5 Å². The van der Waals surface area contributed by atoms with Gasteiger partial charge in [0.05, 0.1) is 5.56 Å². The number of hydrogen-bond acceptors (Lipinski definition) is 3. The summed E-state index contributed by atoms with van der Waals surface area (Å²) in [5.41, 5.74) is 0.324. The van der Waals surface area contributed by atoms with E-state index in [1.54, 1.807) is 12.3 Å². The summed E-state index contributed by atoms with van der Waals surface area (Å²) in [5.74, 6) is -0.908. The summed E-state index contributed by atoms with van der Waals surface area (Å²) in [7, 11) is 1.93. The highest BCUT2D eigenvalue weighted by atomic mass is 32.2. The molecule has 3 aromatic rings. The fraction of sp³-hybridized carbons (Fsp3) is 0.0667. The Labute approximate surface area is 120 Å². The van der Waals surface area contributed by atoms with Crippen LogP contribution in [0.15, 0.2) is 58.8 Å². The summed E-state index contributed by atoms with van der Waals surface area (Å²) in [5, 5.41) is 11.8. The van der Waals surface area contributed by atoms with Crippen LogP contribution in [0.4, 0.5) is 0 Å². The van der Waals surface area contributed by atoms with E-state index in [0.717, 1.165) is 20.8 Å². The van der Waals surface area contributed by atoms with Gasteiger partial charge >= 0.3 is 5.97 Å². The number of rotatable bonds is 3. The maximum absolute atomic E-state index is 11.3. The third kappa shape index (κ3) is 2.16. The Balaban J connectivity index is 2.15. The average Bonchev–Trinajstić information content (AvgIpc) is 2.84. The fourth-order valence-electron chi connectivity index (χ4n) is 2.10. The van der Waals surface area contributed by atoms with Crippen LogP contribution in [0.2, 0.25) is 0 Å². The van der Waals surface area contributed by atoms with Crippen LogP contribution in [0.1, 0.15) is 10.4 Å². The van der Waals surface area contributed by atoms with Gasteiger partial charge in [-0.1, -0.05) is 36.0 Å². The molecule has 2 aromatic carbocycles. The van der Waals surface area contributed by atoms with Gasteiger partial charge in [-0.05, 0) is 22.9 Å². The van der Waals surface area contributed by atoms with Gasteiger partial charge < -0.3 is 9.67 Å². The van der Waals surface area contributed by atoms with Gasteiger partial charge in [0.25, 0.3) is 0 Å². The molecule has 100 valence electrons. The lowest BCUT2D eigenvalue weighted by Crippen LogP contribution is -1.98. The highest BCUT2D eigenvalue weighted by Crippen LogP contribution is 2.33. The molecule has 1 aromatic heterocycles. The molecular weight excluding hydrogens is 272 g/mol. The number of benzene rings is 2. The number of aromatic carboxylic acids is 1. The largest absolute Gasteiger partial charge is 0.478 e. The molecule has 0 aliphatic heterocycles. The summed E-state index contributed by atoms with van der Waals surface area (Å²) in [6.07, 6.45) is 3.63. The molecule has 0 fully saturated rings. The molecule has 0 spiro atoms. The van der Waals surface area contributed by atoms with Crippen LogP contribution in [0.25, 0.3) is 10.8 Å². The number of carbonyl (C=O) groups is 1. The van der Waals surface area contributed by atoms with Crippen LogP contribution < -0.4 is 0 Å². The smallest absolute Gasteiger partial charge is 0.336 e. The zero-order valence-corrected chi connectivity index (χ0v) is 11.6. The second-order valence-electron chi connectivity index (χ2n) is 4.38. The van der Waals surface area contributed by atoms with Gasteiger partial charge in [0, 0.05) is 24.3 Å². The molecular formula is C15H12N2O2S. The summed E-state index contributed by atoms with van der Waals surface area (Å²) in [6.45, 7) is 0. The van der Waals surface area contributed by atoms with Crippen molar-refractivity contribution in [2.75, 3.05) is 0 Å². The molecule has 4 nitrogen and oxygen atoms in total. The Bertz CT molecular complexity index is 795. The Kier molecular flexibility index (Phi) is 3.20. The van der Waals surface area contributed by atoms with Gasteiger partial charge in [-0.15, -0.1) is 0 Å². The number of carboxylic acids is 1. The summed E-state index contributed by atoms with van der Waals surface area (Å²) < 4.78 is 1.94. The summed E-state index contributed by atoms with van der Waals surface area (Å²) >= 11 is 1.53. The second-order valence-corrected chi connectivity index (χ2v) is 5.39. The molecule has 0 saturated carbocycles. The van der Waals surface area contributed by atoms with Gasteiger partial charge in [0.1, 0.15) is 0 Å². The molecule has 0 atom stereocenters. The van der Waals surface area contributed by atoms with Crippen LogP contribution in [-0.4, -0.2) is 20.6 Å². The highest BCUT2D eigenvalue weighted by Gasteiger charge is 2.12. The number of carboxylic acid groups (broad SMARTS) is 1. The van der Waals surface area contributed by atoms with E-state index in [9.17, 15) is 9.90 Å². The van der Waals surface area contributed by atoms with Gasteiger partial charge in [-0.3, -0.25) is 0 Å². The van der Waals surface area contributed by atoms with Gasteiger partial charge in [-0.25, -0.2) is 9.78 Å². The van der Waals surface area contributed by atoms with E-state index in [-0.39, 0.29) is 0 Å². The Morgan fingerprint density at radius 3 is 2.60 bits per heavy atom. The number of aryl methyl sites for hydroxylation is 1. The summed E-state index contributed by atoms with van der Waals surface area (Å²) in [6, 6.07) is 11.0. The lowest BCUT2D eigenvalue weighted by molar-refractivity contribution is 0.0699. The van der Waals surface area contributed by atoms with E-state index < -0.39 is 5.97 Å². The number of nitrogens with zero attached hydrogens (tertiary/aromatic N) is 2. The van der Waals surface area contributed by atoms with E-state index in [0.29, 0.717) is 5.56 Å². The van der Waals surface area contributed by atoms with Crippen molar-refractivity contribution in [1.82, 2.24) is 9.55 Å². The predicted molar refractivity (Wildman–Crippen MR) is 78.2 cm³/mol. The van der Waals surface area contributed by atoms with Crippen molar-refractivity contribution < 1.29 is 9.90 Å². The maximum Gasteiger partial charge on any atom is 0.336 e. The first-order chi connectivity index (χ1) is 9.66. The third-order valence-electron chi connectivity index (χ3n) is 3.09. The van der Waals surface area contributed by atoms with Crippen molar-refractivity contribution in [2.45, 2.75) is 10.1 Å². The molecule has 0 radical (unpaired) electrons. The third-order valence-corrected chi connectivity index (χ3v) is 4.24. The van der Waals surface area contributed by atoms with Crippen LogP contribution in [0, 0.1) is 0 Å². The van der Waals surface area contributed by atoms with Crippen molar-refractivity contribution in [3.8, 4) is 0 Å². The van der Waals surface area contributed by atoms with Gasteiger partial charge in [0.2, 0.25) is 0 Å². The molecule has 0 bridgehead atoms. The molecule has 0 unspecified atom stereocenters. The number of aromatic nitrogens is 2. The summed E-state index contributed by atoms with van der Waals surface area (Å²) in [4.78, 5) is 16.6. The average molecular weight is 284 g/mol. The molecule has 3 rings (SSSR count). The standard InChI is InChI=1S/C15H12N2O2S/c1-17-9-8-16-15(17)20-13-7-6-12(14(18)19)10-4-2-3-5-11(10)13/h2-9H,1H3,(H,18,19). The molecule has 0 aliphatic rings. The second kappa shape index (κ2) is 5.02. The van der Waals surface area contributed by atoms with E-state index >= 15 is 0 Å². The number of hydrogen-bond donors (Lipinski definition) is 1. The quantitative estimate of drug-likeness (QED) is 0.800. The highest BCUT2D eigenvalue weighted by molar-refractivity contribution is 7.99. The fourth-order valence-corrected chi connectivity index (χ4v) is 3.03. The SMILES string of the molecule is Cn1ccnc1Sc1ccc(C(=O)O)c2ccccc12. The number of fused-ring (bicyclic) bond motifs is 1. The Morgan fingerprint density at radius 2 is 1.95 bits per heavy atom. The lowest BCUT2D eigenvalue weighted by Gasteiger charge is -2.08. The molecule has 0 saturated heterocycles. The topological polar surface area (TPSA) is 55.1 Å².